The fraction of sp³-hybridized carbons (Fsp3) is 1.00. The Bertz CT molecular complexity index is 181. The monoisotopic (exact) mass is 182 g/mol. The molecule has 2 fully saturated rings. The van der Waals surface area contributed by atoms with Crippen molar-refractivity contribution in [3.05, 3.63) is 0 Å². The smallest absolute Gasteiger partial charge is 0.0226 e. The van der Waals surface area contributed by atoms with Crippen LogP contribution in [0, 0.1) is 5.92 Å². The molecule has 2 nitrogen and oxygen atoms in total. The van der Waals surface area contributed by atoms with Crippen LogP contribution in [-0.4, -0.2) is 24.2 Å². The molecule has 2 N–H and O–H groups in total. The predicted octanol–water partition coefficient (Wildman–Crippen LogP) is 1.51. The van der Waals surface area contributed by atoms with Crippen LogP contribution in [0.4, 0.5) is 0 Å². The summed E-state index contributed by atoms with van der Waals surface area (Å²) in [4.78, 5) is 0. The SMILES string of the molecule is CC1CCC2NC(C)C(C)NC2C1. The lowest BCUT2D eigenvalue weighted by molar-refractivity contribution is 0.157. The average molecular weight is 182 g/mol. The zero-order chi connectivity index (χ0) is 9.42. The van der Waals surface area contributed by atoms with E-state index in [1.807, 2.05) is 0 Å². The molecule has 2 aliphatic rings. The van der Waals surface area contributed by atoms with Gasteiger partial charge in [0.25, 0.3) is 0 Å². The summed E-state index contributed by atoms with van der Waals surface area (Å²) in [6, 6.07) is 2.73. The van der Waals surface area contributed by atoms with Crippen molar-refractivity contribution in [1.82, 2.24) is 10.6 Å². The molecule has 0 amide bonds. The molecule has 0 aromatic rings. The summed E-state index contributed by atoms with van der Waals surface area (Å²) in [5.41, 5.74) is 0. The van der Waals surface area contributed by atoms with Gasteiger partial charge in [0.1, 0.15) is 0 Å². The minimum absolute atomic E-state index is 0.631. The van der Waals surface area contributed by atoms with Crippen LogP contribution in [0.2, 0.25) is 0 Å². The second-order valence-corrected chi connectivity index (χ2v) is 5.04. The number of nitrogens with one attached hydrogen (secondary N) is 2. The maximum atomic E-state index is 3.74. The Morgan fingerprint density at radius 3 is 2.15 bits per heavy atom. The van der Waals surface area contributed by atoms with Crippen molar-refractivity contribution in [2.24, 2.45) is 5.92 Å². The first-order chi connectivity index (χ1) is 6.16. The minimum Gasteiger partial charge on any atom is -0.308 e. The van der Waals surface area contributed by atoms with Crippen molar-refractivity contribution in [3.8, 4) is 0 Å². The largest absolute Gasteiger partial charge is 0.308 e. The molecule has 5 unspecified atom stereocenters. The summed E-state index contributed by atoms with van der Waals surface area (Å²) < 4.78 is 0. The van der Waals surface area contributed by atoms with E-state index in [2.05, 4.69) is 31.4 Å². The highest BCUT2D eigenvalue weighted by molar-refractivity contribution is 4.97. The van der Waals surface area contributed by atoms with Gasteiger partial charge in [0.05, 0.1) is 0 Å². The highest BCUT2D eigenvalue weighted by Gasteiger charge is 2.35. The molecular formula is C11H22N2. The summed E-state index contributed by atoms with van der Waals surface area (Å²) in [6.45, 7) is 6.94. The van der Waals surface area contributed by atoms with E-state index in [0.29, 0.717) is 12.1 Å². The Morgan fingerprint density at radius 2 is 1.46 bits per heavy atom. The van der Waals surface area contributed by atoms with Crippen LogP contribution >= 0.6 is 0 Å². The van der Waals surface area contributed by atoms with Crippen LogP contribution in [0.3, 0.4) is 0 Å². The Balaban J connectivity index is 1.98. The van der Waals surface area contributed by atoms with Crippen molar-refractivity contribution in [1.29, 1.82) is 0 Å². The van der Waals surface area contributed by atoms with Crippen molar-refractivity contribution in [2.45, 2.75) is 64.2 Å². The molecular weight excluding hydrogens is 160 g/mol. The number of fused-ring (bicyclic) bond motifs is 1. The predicted molar refractivity (Wildman–Crippen MR) is 55.8 cm³/mol. The van der Waals surface area contributed by atoms with Crippen LogP contribution in [0.5, 0.6) is 0 Å². The third kappa shape index (κ3) is 1.89. The molecule has 2 rings (SSSR count). The molecule has 0 aromatic heterocycles. The highest BCUT2D eigenvalue weighted by Crippen LogP contribution is 2.27. The molecule has 76 valence electrons. The van der Waals surface area contributed by atoms with Crippen molar-refractivity contribution < 1.29 is 0 Å². The summed E-state index contributed by atoms with van der Waals surface area (Å²) in [5, 5.41) is 7.46. The summed E-state index contributed by atoms with van der Waals surface area (Å²) in [7, 11) is 0. The first kappa shape index (κ1) is 9.47. The van der Waals surface area contributed by atoms with E-state index in [1.165, 1.54) is 19.3 Å². The summed E-state index contributed by atoms with van der Waals surface area (Å²) >= 11 is 0. The highest BCUT2D eigenvalue weighted by atomic mass is 15.1. The lowest BCUT2D eigenvalue weighted by Crippen LogP contribution is -2.65. The van der Waals surface area contributed by atoms with Crippen LogP contribution in [-0.2, 0) is 0 Å². The first-order valence-electron chi connectivity index (χ1n) is 5.69. The first-order valence-corrected chi connectivity index (χ1v) is 5.69. The molecule has 1 saturated carbocycles. The van der Waals surface area contributed by atoms with Crippen molar-refractivity contribution >= 4 is 0 Å². The molecule has 1 heterocycles. The maximum absolute atomic E-state index is 3.74. The van der Waals surface area contributed by atoms with E-state index < -0.39 is 0 Å². The quantitative estimate of drug-likeness (QED) is 0.593. The van der Waals surface area contributed by atoms with Gasteiger partial charge in [-0.1, -0.05) is 6.92 Å². The fourth-order valence-electron chi connectivity index (χ4n) is 2.73. The topological polar surface area (TPSA) is 24.1 Å². The molecule has 1 saturated heterocycles. The third-order valence-corrected chi connectivity index (χ3v) is 3.82. The van der Waals surface area contributed by atoms with Crippen LogP contribution in [0.25, 0.3) is 0 Å². The Labute approximate surface area is 81.5 Å². The van der Waals surface area contributed by atoms with Crippen LogP contribution < -0.4 is 10.6 Å². The molecule has 0 bridgehead atoms. The zero-order valence-corrected chi connectivity index (χ0v) is 9.01. The molecule has 0 radical (unpaired) electrons. The van der Waals surface area contributed by atoms with Gasteiger partial charge in [0, 0.05) is 24.2 Å². The van der Waals surface area contributed by atoms with Crippen LogP contribution in [0.1, 0.15) is 40.0 Å². The van der Waals surface area contributed by atoms with Gasteiger partial charge in [-0.15, -0.1) is 0 Å². The average Bonchev–Trinajstić information content (AvgIpc) is 2.08. The van der Waals surface area contributed by atoms with E-state index in [-0.39, 0.29) is 0 Å². The van der Waals surface area contributed by atoms with Gasteiger partial charge in [0.15, 0.2) is 0 Å². The van der Waals surface area contributed by atoms with Crippen LogP contribution in [0.15, 0.2) is 0 Å². The molecule has 13 heavy (non-hydrogen) atoms. The summed E-state index contributed by atoms with van der Waals surface area (Å²) in [5.74, 6) is 0.913. The van der Waals surface area contributed by atoms with E-state index in [0.717, 1.165) is 18.0 Å². The second-order valence-electron chi connectivity index (χ2n) is 5.04. The van der Waals surface area contributed by atoms with Crippen molar-refractivity contribution in [2.75, 3.05) is 0 Å². The Hall–Kier alpha value is -0.0800. The number of piperazine rings is 1. The number of hydrogen-bond acceptors (Lipinski definition) is 2. The normalized spacial score (nSPS) is 51.5. The third-order valence-electron chi connectivity index (χ3n) is 3.82. The molecule has 1 aliphatic heterocycles. The van der Waals surface area contributed by atoms with Crippen molar-refractivity contribution in [3.63, 3.8) is 0 Å². The molecule has 0 aromatic carbocycles. The lowest BCUT2D eigenvalue weighted by Gasteiger charge is -2.45. The second kappa shape index (κ2) is 3.58. The van der Waals surface area contributed by atoms with Gasteiger partial charge in [-0.25, -0.2) is 0 Å². The van der Waals surface area contributed by atoms with Gasteiger partial charge in [-0.2, -0.15) is 0 Å². The molecule has 0 spiro atoms. The van der Waals surface area contributed by atoms with Gasteiger partial charge >= 0.3 is 0 Å². The Kier molecular flexibility index (Phi) is 2.61. The molecule has 1 aliphatic carbocycles. The van der Waals surface area contributed by atoms with E-state index in [9.17, 15) is 0 Å². The van der Waals surface area contributed by atoms with Gasteiger partial charge in [-0.3, -0.25) is 0 Å². The zero-order valence-electron chi connectivity index (χ0n) is 9.01. The summed E-state index contributed by atoms with van der Waals surface area (Å²) in [6.07, 6.45) is 4.11. The molecule has 2 heteroatoms. The standard InChI is InChI=1S/C11H22N2/c1-7-4-5-10-11(6-7)13-9(3)8(2)12-10/h7-13H,4-6H2,1-3H3. The number of rotatable bonds is 0. The van der Waals surface area contributed by atoms with Gasteiger partial charge in [-0.05, 0) is 39.0 Å². The van der Waals surface area contributed by atoms with Gasteiger partial charge in [0.2, 0.25) is 0 Å². The van der Waals surface area contributed by atoms with E-state index >= 15 is 0 Å². The van der Waals surface area contributed by atoms with E-state index in [1.54, 1.807) is 0 Å². The van der Waals surface area contributed by atoms with E-state index in [4.69, 9.17) is 0 Å². The number of hydrogen-bond donors (Lipinski definition) is 2. The lowest BCUT2D eigenvalue weighted by atomic mass is 9.81. The maximum Gasteiger partial charge on any atom is 0.0226 e. The Morgan fingerprint density at radius 1 is 0.846 bits per heavy atom. The molecule has 5 atom stereocenters. The minimum atomic E-state index is 0.631. The van der Waals surface area contributed by atoms with Gasteiger partial charge < -0.3 is 10.6 Å². The fourth-order valence-corrected chi connectivity index (χ4v) is 2.73.